The van der Waals surface area contributed by atoms with Gasteiger partial charge in [-0.1, -0.05) is 36.4 Å². The lowest BCUT2D eigenvalue weighted by atomic mass is 9.84. The number of hydrogen-bond acceptors (Lipinski definition) is 5. The van der Waals surface area contributed by atoms with Gasteiger partial charge in [0.15, 0.2) is 0 Å². The maximum Gasteiger partial charge on any atom is 0.346 e. The van der Waals surface area contributed by atoms with Crippen molar-refractivity contribution >= 4 is 11.7 Å². The van der Waals surface area contributed by atoms with Crippen LogP contribution in [0.4, 0.5) is 5.69 Å². The number of rotatable bonds is 4. The van der Waals surface area contributed by atoms with E-state index in [-0.39, 0.29) is 11.3 Å². The highest BCUT2D eigenvalue weighted by atomic mass is 16.6. The Morgan fingerprint density at radius 2 is 1.84 bits per heavy atom. The third kappa shape index (κ3) is 3.53. The second-order valence-corrected chi connectivity index (χ2v) is 6.28. The number of nitrogens with zero attached hydrogens (tertiary/aromatic N) is 1. The second kappa shape index (κ2) is 7.03. The molecule has 0 aromatic heterocycles. The van der Waals surface area contributed by atoms with Crippen molar-refractivity contribution in [2.75, 3.05) is 13.1 Å². The molecule has 130 valence electrons. The zero-order chi connectivity index (χ0) is 17.9. The van der Waals surface area contributed by atoms with E-state index in [9.17, 15) is 14.9 Å². The van der Waals surface area contributed by atoms with Crippen LogP contribution in [0, 0.1) is 17.0 Å². The Hall–Kier alpha value is -2.73. The molecule has 6 heteroatoms. The van der Waals surface area contributed by atoms with Gasteiger partial charge in [-0.05, 0) is 37.2 Å². The fourth-order valence-electron chi connectivity index (χ4n) is 3.23. The molecule has 1 aliphatic rings. The average Bonchev–Trinajstić information content (AvgIpc) is 2.63. The molecule has 1 fully saturated rings. The van der Waals surface area contributed by atoms with Gasteiger partial charge in [0.1, 0.15) is 11.2 Å². The van der Waals surface area contributed by atoms with Crippen LogP contribution in [-0.2, 0) is 10.3 Å². The van der Waals surface area contributed by atoms with Gasteiger partial charge in [-0.2, -0.15) is 0 Å². The Labute approximate surface area is 146 Å². The Balaban J connectivity index is 1.97. The Bertz CT molecular complexity index is 783. The molecule has 0 bridgehead atoms. The fraction of sp³-hybridized carbons (Fsp3) is 0.316. The predicted molar refractivity (Wildman–Crippen MR) is 93.5 cm³/mol. The minimum absolute atomic E-state index is 0.00108. The average molecular weight is 340 g/mol. The topological polar surface area (TPSA) is 81.5 Å². The quantitative estimate of drug-likeness (QED) is 0.524. The number of aryl methyl sites for hydroxylation is 1. The monoisotopic (exact) mass is 340 g/mol. The molecule has 3 rings (SSSR count). The summed E-state index contributed by atoms with van der Waals surface area (Å²) in [5.41, 5.74) is 0.699. The first-order chi connectivity index (χ1) is 12.0. The summed E-state index contributed by atoms with van der Waals surface area (Å²) >= 11 is 0. The van der Waals surface area contributed by atoms with Crippen LogP contribution in [-0.4, -0.2) is 24.0 Å². The van der Waals surface area contributed by atoms with Crippen molar-refractivity contribution in [2.24, 2.45) is 0 Å². The molecule has 2 aromatic carbocycles. The first-order valence-electron chi connectivity index (χ1n) is 8.26. The molecule has 6 nitrogen and oxygen atoms in total. The van der Waals surface area contributed by atoms with Crippen LogP contribution < -0.4 is 5.32 Å². The first kappa shape index (κ1) is 17.1. The van der Waals surface area contributed by atoms with Crippen molar-refractivity contribution in [3.8, 4) is 0 Å². The number of carbonyl (C=O) groups excluding carboxylic acids is 1. The summed E-state index contributed by atoms with van der Waals surface area (Å²) in [5, 5.41) is 14.5. The summed E-state index contributed by atoms with van der Waals surface area (Å²) < 4.78 is 5.91. The zero-order valence-electron chi connectivity index (χ0n) is 14.0. The normalized spacial score (nSPS) is 16.2. The van der Waals surface area contributed by atoms with E-state index in [2.05, 4.69) is 5.32 Å². The van der Waals surface area contributed by atoms with Gasteiger partial charge in [-0.15, -0.1) is 0 Å². The van der Waals surface area contributed by atoms with Crippen LogP contribution in [0.25, 0.3) is 0 Å². The van der Waals surface area contributed by atoms with E-state index >= 15 is 0 Å². The van der Waals surface area contributed by atoms with E-state index in [0.717, 1.165) is 24.2 Å². The van der Waals surface area contributed by atoms with Crippen LogP contribution in [0.2, 0.25) is 0 Å². The molecule has 1 heterocycles. The van der Waals surface area contributed by atoms with E-state index in [1.807, 2.05) is 30.3 Å². The highest BCUT2D eigenvalue weighted by molar-refractivity contribution is 5.94. The van der Waals surface area contributed by atoms with E-state index < -0.39 is 16.5 Å². The molecule has 0 saturated carbocycles. The lowest BCUT2D eigenvalue weighted by Crippen LogP contribution is -2.43. The number of nitro benzene ring substituents is 1. The van der Waals surface area contributed by atoms with Gasteiger partial charge in [0.2, 0.25) is 0 Å². The third-order valence-electron chi connectivity index (χ3n) is 4.57. The van der Waals surface area contributed by atoms with Gasteiger partial charge in [0, 0.05) is 18.9 Å². The highest BCUT2D eigenvalue weighted by Crippen LogP contribution is 2.36. The number of hydrogen-bond donors (Lipinski definition) is 1. The molecular formula is C19H20N2O4. The van der Waals surface area contributed by atoms with Crippen molar-refractivity contribution in [3.63, 3.8) is 0 Å². The second-order valence-electron chi connectivity index (χ2n) is 6.28. The van der Waals surface area contributed by atoms with E-state index in [1.165, 1.54) is 12.1 Å². The molecule has 0 aliphatic carbocycles. The van der Waals surface area contributed by atoms with E-state index in [4.69, 9.17) is 4.74 Å². The summed E-state index contributed by atoms with van der Waals surface area (Å²) in [4.78, 5) is 23.5. The molecule has 0 amide bonds. The summed E-state index contributed by atoms with van der Waals surface area (Å²) in [5.74, 6) is -0.652. The van der Waals surface area contributed by atoms with Gasteiger partial charge < -0.3 is 10.1 Å². The summed E-state index contributed by atoms with van der Waals surface area (Å²) in [6, 6.07) is 14.1. The number of nitro groups is 1. The molecule has 1 aliphatic heterocycles. The van der Waals surface area contributed by atoms with Gasteiger partial charge in [0.05, 0.1) is 4.92 Å². The highest BCUT2D eigenvalue weighted by Gasteiger charge is 2.39. The number of carbonyl (C=O) groups is 1. The molecule has 0 unspecified atom stereocenters. The van der Waals surface area contributed by atoms with Crippen molar-refractivity contribution in [1.82, 2.24) is 5.32 Å². The summed E-state index contributed by atoms with van der Waals surface area (Å²) in [6.07, 6.45) is 1.25. The SMILES string of the molecule is Cc1ccc([N+](=O)[O-])c(C(=O)OC2(c3ccccc3)CCNCC2)c1. The lowest BCUT2D eigenvalue weighted by molar-refractivity contribution is -0.385. The van der Waals surface area contributed by atoms with E-state index in [1.54, 1.807) is 13.0 Å². The third-order valence-corrected chi connectivity index (χ3v) is 4.57. The standard InChI is InChI=1S/C19H20N2O4/c1-14-7-8-17(21(23)24)16(13-14)18(22)25-19(9-11-20-12-10-19)15-5-3-2-4-6-15/h2-8,13,20H,9-12H2,1H3. The van der Waals surface area contributed by atoms with Gasteiger partial charge in [-0.3, -0.25) is 10.1 Å². The van der Waals surface area contributed by atoms with Crippen molar-refractivity contribution in [1.29, 1.82) is 0 Å². The summed E-state index contributed by atoms with van der Waals surface area (Å²) in [6.45, 7) is 3.23. The van der Waals surface area contributed by atoms with Crippen LogP contribution in [0.15, 0.2) is 48.5 Å². The zero-order valence-corrected chi connectivity index (χ0v) is 14.0. The Morgan fingerprint density at radius 1 is 1.16 bits per heavy atom. The number of esters is 1. The smallest absolute Gasteiger partial charge is 0.346 e. The molecule has 2 aromatic rings. The molecule has 0 atom stereocenters. The minimum atomic E-state index is -0.763. The van der Waals surface area contributed by atoms with E-state index in [0.29, 0.717) is 12.8 Å². The van der Waals surface area contributed by atoms with Crippen molar-refractivity contribution < 1.29 is 14.5 Å². The van der Waals surface area contributed by atoms with Crippen molar-refractivity contribution in [2.45, 2.75) is 25.4 Å². The number of ether oxygens (including phenoxy) is 1. The largest absolute Gasteiger partial charge is 0.450 e. The molecular weight excluding hydrogens is 320 g/mol. The molecule has 1 saturated heterocycles. The molecule has 1 N–H and O–H groups in total. The molecule has 0 spiro atoms. The van der Waals surface area contributed by atoms with Gasteiger partial charge >= 0.3 is 5.97 Å². The Kier molecular flexibility index (Phi) is 4.81. The molecule has 25 heavy (non-hydrogen) atoms. The fourth-order valence-corrected chi connectivity index (χ4v) is 3.23. The lowest BCUT2D eigenvalue weighted by Gasteiger charge is -2.37. The number of piperidine rings is 1. The number of nitrogens with one attached hydrogen (secondary N) is 1. The van der Waals surface area contributed by atoms with Gasteiger partial charge in [0.25, 0.3) is 5.69 Å². The minimum Gasteiger partial charge on any atom is -0.450 e. The summed E-state index contributed by atoms with van der Waals surface area (Å²) in [7, 11) is 0. The first-order valence-corrected chi connectivity index (χ1v) is 8.26. The van der Waals surface area contributed by atoms with Crippen LogP contribution >= 0.6 is 0 Å². The maximum atomic E-state index is 12.8. The predicted octanol–water partition coefficient (Wildman–Crippen LogP) is 3.34. The Morgan fingerprint density at radius 3 is 2.48 bits per heavy atom. The van der Waals surface area contributed by atoms with Crippen LogP contribution in [0.1, 0.15) is 34.3 Å². The van der Waals surface area contributed by atoms with Crippen LogP contribution in [0.3, 0.4) is 0 Å². The maximum absolute atomic E-state index is 12.8. The van der Waals surface area contributed by atoms with Gasteiger partial charge in [-0.25, -0.2) is 4.79 Å². The van der Waals surface area contributed by atoms with Crippen molar-refractivity contribution in [3.05, 3.63) is 75.3 Å². The molecule has 0 radical (unpaired) electrons. The number of benzene rings is 2. The van der Waals surface area contributed by atoms with Crippen LogP contribution in [0.5, 0.6) is 0 Å².